The summed E-state index contributed by atoms with van der Waals surface area (Å²) in [5, 5.41) is 8.84. The molecule has 7 nitrogen and oxygen atoms in total. The van der Waals surface area contributed by atoms with Crippen LogP contribution in [0.5, 0.6) is 0 Å². The third kappa shape index (κ3) is 3.37. The molecule has 7 heteroatoms. The number of carbonyl (C=O) groups is 4. The smallest absolute Gasteiger partial charge is 0.196 e. The summed E-state index contributed by atoms with van der Waals surface area (Å²) in [5.41, 5.74) is 15.3. The topological polar surface area (TPSA) is 144 Å². The summed E-state index contributed by atoms with van der Waals surface area (Å²) >= 11 is 0. The van der Waals surface area contributed by atoms with Crippen molar-refractivity contribution in [1.82, 2.24) is 0 Å². The van der Waals surface area contributed by atoms with Crippen LogP contribution in [0.2, 0.25) is 0 Å². The lowest BCUT2D eigenvalue weighted by atomic mass is 9.82. The molecular weight excluding hydrogens is 454 g/mol. The molecule has 0 saturated heterocycles. The predicted octanol–water partition coefficient (Wildman–Crippen LogP) is 3.96. The SMILES string of the molecule is N#Cc1ccc2c(c1)C(=O)c1ccccc1C2=O.Nc1ccc(N)c2c1C(=O)c1ccccc1C2=O. The van der Waals surface area contributed by atoms with E-state index in [9.17, 15) is 19.2 Å². The highest BCUT2D eigenvalue weighted by atomic mass is 16.1. The molecule has 4 N–H and O–H groups in total. The lowest BCUT2D eigenvalue weighted by Crippen LogP contribution is -2.23. The van der Waals surface area contributed by atoms with Crippen molar-refractivity contribution in [3.05, 3.63) is 129 Å². The predicted molar refractivity (Wildman–Crippen MR) is 133 cm³/mol. The standard InChI is InChI=1S/C15H7NO2.C14H10N2O2/c16-8-9-5-6-12-13(7-9)15(18)11-4-2-1-3-10(11)14(12)17;15-9-5-6-10(16)12-11(9)13(17)7-3-1-2-4-8(7)14(12)18/h1-7H;1-6H,15-16H2. The summed E-state index contributed by atoms with van der Waals surface area (Å²) in [6.45, 7) is 0. The van der Waals surface area contributed by atoms with Gasteiger partial charge in [-0.05, 0) is 30.3 Å². The number of nitriles is 1. The lowest BCUT2D eigenvalue weighted by Gasteiger charge is -2.20. The number of rotatable bonds is 0. The van der Waals surface area contributed by atoms with Crippen molar-refractivity contribution in [2.45, 2.75) is 0 Å². The van der Waals surface area contributed by atoms with Gasteiger partial charge in [-0.2, -0.15) is 5.26 Å². The molecule has 4 aromatic rings. The van der Waals surface area contributed by atoms with Gasteiger partial charge in [-0.1, -0.05) is 48.5 Å². The van der Waals surface area contributed by atoms with Crippen molar-refractivity contribution in [2.75, 3.05) is 11.5 Å². The van der Waals surface area contributed by atoms with Crippen LogP contribution in [0.15, 0.2) is 78.9 Å². The maximum Gasteiger partial charge on any atom is 0.196 e. The molecule has 0 amide bonds. The Labute approximate surface area is 205 Å². The summed E-state index contributed by atoms with van der Waals surface area (Å²) in [6, 6.07) is 23.1. The molecule has 0 atom stereocenters. The minimum absolute atomic E-state index is 0.162. The number of hydrogen-bond donors (Lipinski definition) is 2. The van der Waals surface area contributed by atoms with E-state index in [4.69, 9.17) is 16.7 Å². The van der Waals surface area contributed by atoms with Gasteiger partial charge in [0.05, 0.1) is 22.8 Å². The molecule has 0 fully saturated rings. The Hall–Kier alpha value is -5.35. The number of hydrogen-bond acceptors (Lipinski definition) is 7. The van der Waals surface area contributed by atoms with Crippen LogP contribution in [-0.2, 0) is 0 Å². The number of nitrogens with two attached hydrogens (primary N) is 2. The fourth-order valence-corrected chi connectivity index (χ4v) is 4.44. The van der Waals surface area contributed by atoms with Gasteiger partial charge >= 0.3 is 0 Å². The average Bonchev–Trinajstić information content (AvgIpc) is 2.91. The number of nitrogens with zero attached hydrogens (tertiary/aromatic N) is 1. The summed E-state index contributed by atoms with van der Waals surface area (Å²) in [6.07, 6.45) is 0. The van der Waals surface area contributed by atoms with E-state index in [1.54, 1.807) is 72.8 Å². The van der Waals surface area contributed by atoms with E-state index in [1.165, 1.54) is 6.07 Å². The highest BCUT2D eigenvalue weighted by Gasteiger charge is 2.32. The third-order valence-corrected chi connectivity index (χ3v) is 6.19. The summed E-state index contributed by atoms with van der Waals surface area (Å²) in [4.78, 5) is 49.2. The molecule has 36 heavy (non-hydrogen) atoms. The van der Waals surface area contributed by atoms with Crippen LogP contribution in [0, 0.1) is 11.3 Å². The molecule has 2 aliphatic rings. The Morgan fingerprint density at radius 3 is 1.33 bits per heavy atom. The van der Waals surface area contributed by atoms with E-state index in [2.05, 4.69) is 0 Å². The van der Waals surface area contributed by atoms with Crippen LogP contribution in [0.1, 0.15) is 69.2 Å². The van der Waals surface area contributed by atoms with Crippen LogP contribution < -0.4 is 11.5 Å². The number of fused-ring (bicyclic) bond motifs is 4. The third-order valence-electron chi connectivity index (χ3n) is 6.19. The van der Waals surface area contributed by atoms with Gasteiger partial charge in [0.1, 0.15) is 0 Å². The zero-order valence-electron chi connectivity index (χ0n) is 18.7. The van der Waals surface area contributed by atoms with Gasteiger partial charge in [-0.3, -0.25) is 19.2 Å². The van der Waals surface area contributed by atoms with Crippen LogP contribution in [-0.4, -0.2) is 23.1 Å². The lowest BCUT2D eigenvalue weighted by molar-refractivity contribution is 0.0979. The molecule has 6 rings (SSSR count). The first-order valence-electron chi connectivity index (χ1n) is 10.9. The molecule has 0 aromatic heterocycles. The van der Waals surface area contributed by atoms with Gasteiger partial charge in [0, 0.05) is 44.8 Å². The molecule has 172 valence electrons. The maximum atomic E-state index is 12.3. The largest absolute Gasteiger partial charge is 0.398 e. The summed E-state index contributed by atoms with van der Waals surface area (Å²) in [5.74, 6) is -0.850. The molecule has 4 aromatic carbocycles. The van der Waals surface area contributed by atoms with Gasteiger partial charge in [-0.25, -0.2) is 0 Å². The fourth-order valence-electron chi connectivity index (χ4n) is 4.44. The highest BCUT2D eigenvalue weighted by molar-refractivity contribution is 6.31. The second-order valence-electron chi connectivity index (χ2n) is 8.27. The first-order valence-corrected chi connectivity index (χ1v) is 10.9. The van der Waals surface area contributed by atoms with Gasteiger partial charge in [-0.15, -0.1) is 0 Å². The van der Waals surface area contributed by atoms with Crippen molar-refractivity contribution in [2.24, 2.45) is 0 Å². The van der Waals surface area contributed by atoms with Crippen molar-refractivity contribution >= 4 is 34.5 Å². The normalized spacial score (nSPS) is 12.9. The first-order chi connectivity index (χ1) is 17.3. The van der Waals surface area contributed by atoms with Crippen LogP contribution in [0.3, 0.4) is 0 Å². The van der Waals surface area contributed by atoms with Crippen molar-refractivity contribution in [3.8, 4) is 6.07 Å². The van der Waals surface area contributed by atoms with Gasteiger partial charge in [0.2, 0.25) is 0 Å². The van der Waals surface area contributed by atoms with Gasteiger partial charge < -0.3 is 11.5 Å². The van der Waals surface area contributed by atoms with Crippen LogP contribution in [0.25, 0.3) is 0 Å². The molecule has 0 radical (unpaired) electrons. The molecule has 0 heterocycles. The van der Waals surface area contributed by atoms with E-state index < -0.39 is 0 Å². The second-order valence-corrected chi connectivity index (χ2v) is 8.27. The molecular formula is C29H17N3O4. The monoisotopic (exact) mass is 471 g/mol. The Bertz CT molecular complexity index is 1640. The van der Waals surface area contributed by atoms with Gasteiger partial charge in [0.25, 0.3) is 0 Å². The molecule has 2 aliphatic carbocycles. The fraction of sp³-hybridized carbons (Fsp3) is 0. The van der Waals surface area contributed by atoms with E-state index in [0.29, 0.717) is 38.9 Å². The summed E-state index contributed by atoms with van der Waals surface area (Å²) < 4.78 is 0. The van der Waals surface area contributed by atoms with E-state index in [0.717, 1.165) is 0 Å². The Balaban J connectivity index is 0.000000148. The number of anilines is 2. The number of ketones is 4. The van der Waals surface area contributed by atoms with Crippen molar-refractivity contribution < 1.29 is 19.2 Å². The summed E-state index contributed by atoms with van der Waals surface area (Å²) in [7, 11) is 0. The van der Waals surface area contributed by atoms with Crippen molar-refractivity contribution in [3.63, 3.8) is 0 Å². The zero-order valence-corrected chi connectivity index (χ0v) is 18.7. The first kappa shape index (κ1) is 22.4. The Morgan fingerprint density at radius 2 is 0.889 bits per heavy atom. The molecule has 0 aliphatic heterocycles. The van der Waals surface area contributed by atoms with Crippen molar-refractivity contribution in [1.29, 1.82) is 5.26 Å². The quantitative estimate of drug-likeness (QED) is 0.319. The minimum atomic E-state index is -0.245. The number of benzene rings is 4. The molecule has 0 unspecified atom stereocenters. The van der Waals surface area contributed by atoms with E-state index >= 15 is 0 Å². The van der Waals surface area contributed by atoms with Gasteiger partial charge in [0.15, 0.2) is 23.1 Å². The molecule has 0 saturated carbocycles. The van der Waals surface area contributed by atoms with Crippen LogP contribution >= 0.6 is 0 Å². The zero-order chi connectivity index (χ0) is 25.6. The number of nitrogen functional groups attached to an aromatic ring is 2. The Kier molecular flexibility index (Phi) is 5.27. The second kappa shape index (κ2) is 8.46. The minimum Gasteiger partial charge on any atom is -0.398 e. The van der Waals surface area contributed by atoms with E-state index in [-0.39, 0.29) is 45.6 Å². The Morgan fingerprint density at radius 1 is 0.500 bits per heavy atom. The van der Waals surface area contributed by atoms with Crippen LogP contribution in [0.4, 0.5) is 11.4 Å². The number of carbonyl (C=O) groups excluding carboxylic acids is 4. The maximum absolute atomic E-state index is 12.3. The molecule has 0 spiro atoms. The average molecular weight is 471 g/mol. The molecule has 0 bridgehead atoms. The van der Waals surface area contributed by atoms with E-state index in [1.807, 2.05) is 6.07 Å². The highest BCUT2D eigenvalue weighted by Crippen LogP contribution is 2.34.